The second kappa shape index (κ2) is 4.57. The lowest BCUT2D eigenvalue weighted by molar-refractivity contribution is -0.131. The van der Waals surface area contributed by atoms with Crippen molar-refractivity contribution in [2.24, 2.45) is 0 Å². The second-order valence-corrected chi connectivity index (χ2v) is 4.16. The highest BCUT2D eigenvalue weighted by Crippen LogP contribution is 2.29. The number of hydrogen-bond donors (Lipinski definition) is 1. The molecule has 0 saturated heterocycles. The van der Waals surface area contributed by atoms with Gasteiger partial charge >= 0.3 is 5.97 Å². The molecule has 1 aliphatic carbocycles. The molecule has 90 valence electrons. The molecule has 2 rings (SSSR count). The number of carboxylic acid groups (broad SMARTS) is 1. The Kier molecular flexibility index (Phi) is 3.13. The number of aliphatic carboxylic acids is 1. The van der Waals surface area contributed by atoms with Gasteiger partial charge in [-0.15, -0.1) is 0 Å². The Labute approximate surface area is 99.2 Å². The summed E-state index contributed by atoms with van der Waals surface area (Å²) in [4.78, 5) is 22.3. The number of carboxylic acids is 1. The summed E-state index contributed by atoms with van der Waals surface area (Å²) in [7, 11) is 1.45. The minimum atomic E-state index is -1.45. The maximum absolute atomic E-state index is 11.5. The summed E-state index contributed by atoms with van der Waals surface area (Å²) in [5.74, 6) is -1.99. The smallest absolute Gasteiger partial charge is 0.377 e. The van der Waals surface area contributed by atoms with Crippen molar-refractivity contribution in [1.82, 2.24) is 0 Å². The Balaban J connectivity index is 2.50. The van der Waals surface area contributed by atoms with Crippen molar-refractivity contribution < 1.29 is 19.4 Å². The molecule has 17 heavy (non-hydrogen) atoms. The van der Waals surface area contributed by atoms with E-state index in [1.807, 2.05) is 0 Å². The molecule has 0 atom stereocenters. The SMILES string of the molecule is COc1cc2c(cc1C(=O)C(=O)O)CCCC2. The van der Waals surface area contributed by atoms with E-state index in [-0.39, 0.29) is 5.56 Å². The molecule has 1 aromatic carbocycles. The highest BCUT2D eigenvalue weighted by molar-refractivity contribution is 6.40. The number of benzene rings is 1. The van der Waals surface area contributed by atoms with Crippen molar-refractivity contribution in [3.63, 3.8) is 0 Å². The Bertz CT molecular complexity index is 477. The standard InChI is InChI=1S/C13H14O4/c1-17-11-7-9-5-3-2-4-8(9)6-10(11)12(14)13(15)16/h6-7H,2-5H2,1H3,(H,15,16). The Morgan fingerprint density at radius 1 is 1.18 bits per heavy atom. The highest BCUT2D eigenvalue weighted by atomic mass is 16.5. The van der Waals surface area contributed by atoms with Gasteiger partial charge in [0.25, 0.3) is 5.78 Å². The van der Waals surface area contributed by atoms with Crippen LogP contribution in [0.1, 0.15) is 34.3 Å². The third kappa shape index (κ3) is 2.16. The lowest BCUT2D eigenvalue weighted by atomic mass is 9.89. The average Bonchev–Trinajstić information content (AvgIpc) is 2.36. The van der Waals surface area contributed by atoms with Crippen LogP contribution in [0.15, 0.2) is 12.1 Å². The van der Waals surface area contributed by atoms with Crippen molar-refractivity contribution in [2.75, 3.05) is 7.11 Å². The quantitative estimate of drug-likeness (QED) is 0.640. The van der Waals surface area contributed by atoms with Crippen LogP contribution in [-0.2, 0) is 17.6 Å². The number of ether oxygens (including phenoxy) is 1. The molecule has 0 aliphatic heterocycles. The molecule has 0 fully saturated rings. The lowest BCUT2D eigenvalue weighted by Crippen LogP contribution is -2.15. The van der Waals surface area contributed by atoms with Crippen LogP contribution in [-0.4, -0.2) is 24.0 Å². The first-order valence-electron chi connectivity index (χ1n) is 5.61. The molecule has 0 bridgehead atoms. The number of carbonyl (C=O) groups is 2. The van der Waals surface area contributed by atoms with Gasteiger partial charge in [0.15, 0.2) is 0 Å². The summed E-state index contributed by atoms with van der Waals surface area (Å²) in [6, 6.07) is 3.47. The van der Waals surface area contributed by atoms with E-state index in [1.165, 1.54) is 7.11 Å². The van der Waals surface area contributed by atoms with Gasteiger partial charge in [0, 0.05) is 0 Å². The molecule has 0 radical (unpaired) electrons. The Hall–Kier alpha value is -1.84. The average molecular weight is 234 g/mol. The number of fused-ring (bicyclic) bond motifs is 1. The van der Waals surface area contributed by atoms with Gasteiger partial charge in [-0.25, -0.2) is 4.79 Å². The van der Waals surface area contributed by atoms with Gasteiger partial charge in [0.2, 0.25) is 0 Å². The van der Waals surface area contributed by atoms with Crippen molar-refractivity contribution in [3.05, 3.63) is 28.8 Å². The van der Waals surface area contributed by atoms with Gasteiger partial charge < -0.3 is 9.84 Å². The summed E-state index contributed by atoms with van der Waals surface area (Å²) in [5, 5.41) is 8.75. The van der Waals surface area contributed by atoms with Crippen LogP contribution >= 0.6 is 0 Å². The van der Waals surface area contributed by atoms with E-state index in [4.69, 9.17) is 9.84 Å². The number of aryl methyl sites for hydroxylation is 2. The number of carbonyl (C=O) groups excluding carboxylic acids is 1. The predicted molar refractivity (Wildman–Crippen MR) is 61.6 cm³/mol. The molecule has 1 aliphatic rings. The molecule has 0 amide bonds. The molecular formula is C13H14O4. The number of hydrogen-bond acceptors (Lipinski definition) is 3. The van der Waals surface area contributed by atoms with Crippen molar-refractivity contribution in [1.29, 1.82) is 0 Å². The lowest BCUT2D eigenvalue weighted by Gasteiger charge is -2.18. The third-order valence-electron chi connectivity index (χ3n) is 3.10. The van der Waals surface area contributed by atoms with E-state index >= 15 is 0 Å². The number of rotatable bonds is 3. The fourth-order valence-electron chi connectivity index (χ4n) is 2.22. The molecule has 0 spiro atoms. The first kappa shape index (κ1) is 11.6. The monoisotopic (exact) mass is 234 g/mol. The summed E-state index contributed by atoms with van der Waals surface area (Å²) in [6.07, 6.45) is 4.08. The van der Waals surface area contributed by atoms with E-state index in [0.29, 0.717) is 5.75 Å². The van der Waals surface area contributed by atoms with E-state index in [9.17, 15) is 9.59 Å². The van der Waals surface area contributed by atoms with E-state index in [0.717, 1.165) is 36.8 Å². The molecule has 0 aromatic heterocycles. The van der Waals surface area contributed by atoms with E-state index in [2.05, 4.69) is 0 Å². The van der Waals surface area contributed by atoms with Gasteiger partial charge in [0.05, 0.1) is 12.7 Å². The first-order valence-corrected chi connectivity index (χ1v) is 5.61. The van der Waals surface area contributed by atoms with Crippen molar-refractivity contribution in [3.8, 4) is 5.75 Å². The predicted octanol–water partition coefficient (Wildman–Crippen LogP) is 1.84. The normalized spacial score (nSPS) is 13.9. The van der Waals surface area contributed by atoms with Crippen LogP contribution in [0.5, 0.6) is 5.75 Å². The first-order chi connectivity index (χ1) is 8.13. The number of ketones is 1. The molecule has 4 nitrogen and oxygen atoms in total. The minimum absolute atomic E-state index is 0.153. The topological polar surface area (TPSA) is 63.6 Å². The molecule has 1 aromatic rings. The van der Waals surface area contributed by atoms with Crippen LogP contribution in [0.3, 0.4) is 0 Å². The Morgan fingerprint density at radius 2 is 1.76 bits per heavy atom. The van der Waals surface area contributed by atoms with Gasteiger partial charge in [-0.05, 0) is 48.9 Å². The second-order valence-electron chi connectivity index (χ2n) is 4.16. The van der Waals surface area contributed by atoms with Gasteiger partial charge in [-0.2, -0.15) is 0 Å². The molecule has 0 heterocycles. The zero-order chi connectivity index (χ0) is 12.4. The molecule has 0 saturated carbocycles. The molecule has 4 heteroatoms. The van der Waals surface area contributed by atoms with E-state index in [1.54, 1.807) is 12.1 Å². The van der Waals surface area contributed by atoms with Crippen molar-refractivity contribution >= 4 is 11.8 Å². The summed E-state index contributed by atoms with van der Waals surface area (Å²) < 4.78 is 5.10. The minimum Gasteiger partial charge on any atom is -0.496 e. The maximum atomic E-state index is 11.5. The van der Waals surface area contributed by atoms with Gasteiger partial charge in [0.1, 0.15) is 5.75 Å². The fraction of sp³-hybridized carbons (Fsp3) is 0.385. The summed E-state index contributed by atoms with van der Waals surface area (Å²) in [6.45, 7) is 0. The van der Waals surface area contributed by atoms with Crippen LogP contribution in [0.25, 0.3) is 0 Å². The molecule has 1 N–H and O–H groups in total. The van der Waals surface area contributed by atoms with Crippen LogP contribution in [0.4, 0.5) is 0 Å². The van der Waals surface area contributed by atoms with Crippen LogP contribution in [0.2, 0.25) is 0 Å². The van der Waals surface area contributed by atoms with Crippen LogP contribution < -0.4 is 4.74 Å². The third-order valence-corrected chi connectivity index (χ3v) is 3.10. The van der Waals surface area contributed by atoms with Crippen LogP contribution in [0, 0.1) is 0 Å². The fourth-order valence-corrected chi connectivity index (χ4v) is 2.22. The van der Waals surface area contributed by atoms with Crippen molar-refractivity contribution in [2.45, 2.75) is 25.7 Å². The maximum Gasteiger partial charge on any atom is 0.377 e. The zero-order valence-electron chi connectivity index (χ0n) is 9.66. The zero-order valence-corrected chi connectivity index (χ0v) is 9.66. The number of Topliss-reactive ketones (excluding diaryl/α,β-unsaturated/α-hetero) is 1. The largest absolute Gasteiger partial charge is 0.496 e. The number of methoxy groups -OCH3 is 1. The highest BCUT2D eigenvalue weighted by Gasteiger charge is 2.22. The summed E-state index contributed by atoms with van der Waals surface area (Å²) in [5.41, 5.74) is 2.39. The Morgan fingerprint density at radius 3 is 2.29 bits per heavy atom. The summed E-state index contributed by atoms with van der Waals surface area (Å²) >= 11 is 0. The van der Waals surface area contributed by atoms with E-state index < -0.39 is 11.8 Å². The van der Waals surface area contributed by atoms with Gasteiger partial charge in [-0.3, -0.25) is 4.79 Å². The molecule has 0 unspecified atom stereocenters. The molecular weight excluding hydrogens is 220 g/mol. The van der Waals surface area contributed by atoms with Gasteiger partial charge in [-0.1, -0.05) is 0 Å².